The zero-order valence-electron chi connectivity index (χ0n) is 15.2. The van der Waals surface area contributed by atoms with Crippen LogP contribution in [0, 0.1) is 19.8 Å². The SMILES string of the molecule is Cc1nn(CCCNS(=O)(=O)c2ccc(CC(C)C)cc2)c(C)c1Cl. The molecular formula is C18H26ClN3O2S. The highest BCUT2D eigenvalue weighted by molar-refractivity contribution is 7.89. The van der Waals surface area contributed by atoms with E-state index in [4.69, 9.17) is 11.6 Å². The van der Waals surface area contributed by atoms with Crippen LogP contribution >= 0.6 is 11.6 Å². The summed E-state index contributed by atoms with van der Waals surface area (Å²) in [6.45, 7) is 9.02. The number of hydrogen-bond donors (Lipinski definition) is 1. The van der Waals surface area contributed by atoms with E-state index < -0.39 is 10.0 Å². The van der Waals surface area contributed by atoms with Crippen LogP contribution in [-0.2, 0) is 23.0 Å². The van der Waals surface area contributed by atoms with E-state index in [1.54, 1.807) is 12.1 Å². The molecule has 0 amide bonds. The van der Waals surface area contributed by atoms with Crippen molar-refractivity contribution in [3.05, 3.63) is 46.2 Å². The minimum absolute atomic E-state index is 0.300. The van der Waals surface area contributed by atoms with Crippen LogP contribution in [0.2, 0.25) is 5.02 Å². The second-order valence-corrected chi connectivity index (χ2v) is 8.85. The Morgan fingerprint density at radius 3 is 2.36 bits per heavy atom. The lowest BCUT2D eigenvalue weighted by Crippen LogP contribution is -2.25. The monoisotopic (exact) mass is 383 g/mol. The second-order valence-electron chi connectivity index (χ2n) is 6.70. The van der Waals surface area contributed by atoms with Gasteiger partial charge in [0.15, 0.2) is 0 Å². The van der Waals surface area contributed by atoms with E-state index >= 15 is 0 Å². The predicted octanol–water partition coefficient (Wildman–Crippen LogP) is 3.72. The molecule has 0 fully saturated rings. The van der Waals surface area contributed by atoms with Crippen molar-refractivity contribution in [2.24, 2.45) is 5.92 Å². The highest BCUT2D eigenvalue weighted by Crippen LogP contribution is 2.19. The van der Waals surface area contributed by atoms with E-state index in [9.17, 15) is 8.42 Å². The average molecular weight is 384 g/mol. The normalized spacial score (nSPS) is 12.1. The van der Waals surface area contributed by atoms with E-state index in [2.05, 4.69) is 23.7 Å². The molecule has 138 valence electrons. The third-order valence-corrected chi connectivity index (χ3v) is 6.03. The molecule has 0 saturated heterocycles. The smallest absolute Gasteiger partial charge is 0.240 e. The van der Waals surface area contributed by atoms with Gasteiger partial charge in [-0.25, -0.2) is 13.1 Å². The number of rotatable bonds is 8. The summed E-state index contributed by atoms with van der Waals surface area (Å²) in [6, 6.07) is 7.10. The Morgan fingerprint density at radius 2 is 1.84 bits per heavy atom. The van der Waals surface area contributed by atoms with Crippen molar-refractivity contribution in [3.63, 3.8) is 0 Å². The summed E-state index contributed by atoms with van der Waals surface area (Å²) < 4.78 is 29.2. The van der Waals surface area contributed by atoms with Gasteiger partial charge in [0.25, 0.3) is 0 Å². The van der Waals surface area contributed by atoms with Crippen molar-refractivity contribution < 1.29 is 8.42 Å². The first-order valence-corrected chi connectivity index (χ1v) is 10.3. The Morgan fingerprint density at radius 1 is 1.20 bits per heavy atom. The molecule has 0 radical (unpaired) electrons. The molecule has 0 aliphatic carbocycles. The van der Waals surface area contributed by atoms with Gasteiger partial charge in [0.2, 0.25) is 10.0 Å². The van der Waals surface area contributed by atoms with Gasteiger partial charge in [0.05, 0.1) is 21.3 Å². The fourth-order valence-electron chi connectivity index (χ4n) is 2.69. The Hall–Kier alpha value is -1.37. The number of hydrogen-bond acceptors (Lipinski definition) is 3. The topological polar surface area (TPSA) is 64.0 Å². The molecule has 1 N–H and O–H groups in total. The first-order chi connectivity index (χ1) is 11.7. The summed E-state index contributed by atoms with van der Waals surface area (Å²) in [5, 5.41) is 5.01. The molecule has 7 heteroatoms. The average Bonchev–Trinajstić information content (AvgIpc) is 2.79. The zero-order valence-corrected chi connectivity index (χ0v) is 16.8. The molecule has 0 atom stereocenters. The first kappa shape index (κ1) is 19.9. The summed E-state index contributed by atoms with van der Waals surface area (Å²) >= 11 is 6.11. The molecule has 2 rings (SSSR count). The van der Waals surface area contributed by atoms with E-state index in [-0.39, 0.29) is 0 Å². The molecule has 0 unspecified atom stereocenters. The maximum atomic E-state index is 12.3. The van der Waals surface area contributed by atoms with Gasteiger partial charge in [-0.2, -0.15) is 5.10 Å². The number of benzene rings is 1. The van der Waals surface area contributed by atoms with Crippen LogP contribution in [0.1, 0.15) is 37.2 Å². The second kappa shape index (κ2) is 8.34. The standard InChI is InChI=1S/C18H26ClN3O2S/c1-13(2)12-16-6-8-17(9-7-16)25(23,24)20-10-5-11-22-15(4)18(19)14(3)21-22/h6-9,13,20H,5,10-12H2,1-4H3. The van der Waals surface area contributed by atoms with E-state index in [1.807, 2.05) is 30.7 Å². The minimum atomic E-state index is -3.48. The third kappa shape index (κ3) is 5.30. The van der Waals surface area contributed by atoms with Crippen LogP contribution < -0.4 is 4.72 Å². The summed E-state index contributed by atoms with van der Waals surface area (Å²) in [6.07, 6.45) is 1.59. The largest absolute Gasteiger partial charge is 0.268 e. The van der Waals surface area contributed by atoms with Crippen LogP contribution in [0.3, 0.4) is 0 Å². The van der Waals surface area contributed by atoms with Crippen molar-refractivity contribution in [3.8, 4) is 0 Å². The Bertz CT molecular complexity index is 812. The molecule has 0 bridgehead atoms. The van der Waals surface area contributed by atoms with Gasteiger partial charge in [0, 0.05) is 13.1 Å². The molecule has 0 aliphatic rings. The Kier molecular flexibility index (Phi) is 6.65. The lowest BCUT2D eigenvalue weighted by molar-refractivity contribution is 0.544. The molecule has 0 saturated carbocycles. The fourth-order valence-corrected chi connectivity index (χ4v) is 3.90. The Balaban J connectivity index is 1.89. The lowest BCUT2D eigenvalue weighted by atomic mass is 10.0. The molecule has 2 aromatic rings. The maximum Gasteiger partial charge on any atom is 0.240 e. The van der Waals surface area contributed by atoms with Crippen LogP contribution in [0.25, 0.3) is 0 Å². The van der Waals surface area contributed by atoms with Crippen molar-refractivity contribution in [2.75, 3.05) is 6.54 Å². The number of aromatic nitrogens is 2. The van der Waals surface area contributed by atoms with E-state index in [1.165, 1.54) is 0 Å². The van der Waals surface area contributed by atoms with Gasteiger partial charge in [0.1, 0.15) is 0 Å². The third-order valence-electron chi connectivity index (χ3n) is 4.01. The number of aryl methyl sites for hydroxylation is 2. The molecule has 0 aliphatic heterocycles. The quantitative estimate of drug-likeness (QED) is 0.706. The molecule has 1 heterocycles. The van der Waals surface area contributed by atoms with Crippen molar-refractivity contribution >= 4 is 21.6 Å². The zero-order chi connectivity index (χ0) is 18.6. The van der Waals surface area contributed by atoms with Crippen molar-refractivity contribution in [2.45, 2.75) is 52.0 Å². The van der Waals surface area contributed by atoms with Crippen molar-refractivity contribution in [1.29, 1.82) is 0 Å². The highest BCUT2D eigenvalue weighted by Gasteiger charge is 2.14. The number of halogens is 1. The van der Waals surface area contributed by atoms with E-state index in [0.717, 1.165) is 23.4 Å². The van der Waals surface area contributed by atoms with Crippen LogP contribution in [0.5, 0.6) is 0 Å². The Labute approximate surface area is 155 Å². The van der Waals surface area contributed by atoms with Crippen LogP contribution in [0.15, 0.2) is 29.2 Å². The lowest BCUT2D eigenvalue weighted by Gasteiger charge is -2.09. The molecule has 1 aromatic heterocycles. The minimum Gasteiger partial charge on any atom is -0.268 e. The molecule has 25 heavy (non-hydrogen) atoms. The van der Waals surface area contributed by atoms with Gasteiger partial charge in [-0.15, -0.1) is 0 Å². The fraction of sp³-hybridized carbons (Fsp3) is 0.500. The maximum absolute atomic E-state index is 12.3. The molecular weight excluding hydrogens is 358 g/mol. The summed E-state index contributed by atoms with van der Waals surface area (Å²) in [5.74, 6) is 0.545. The predicted molar refractivity (Wildman–Crippen MR) is 102 cm³/mol. The van der Waals surface area contributed by atoms with Gasteiger partial charge < -0.3 is 0 Å². The van der Waals surface area contributed by atoms with Gasteiger partial charge in [-0.05, 0) is 50.3 Å². The van der Waals surface area contributed by atoms with Crippen molar-refractivity contribution in [1.82, 2.24) is 14.5 Å². The molecule has 5 nitrogen and oxygen atoms in total. The van der Waals surface area contributed by atoms with Gasteiger partial charge in [-0.1, -0.05) is 37.6 Å². The van der Waals surface area contributed by atoms with Crippen LogP contribution in [0.4, 0.5) is 0 Å². The number of nitrogens with one attached hydrogen (secondary N) is 1. The van der Waals surface area contributed by atoms with Gasteiger partial charge >= 0.3 is 0 Å². The van der Waals surface area contributed by atoms with Crippen LogP contribution in [-0.4, -0.2) is 24.7 Å². The first-order valence-electron chi connectivity index (χ1n) is 8.49. The molecule has 0 spiro atoms. The van der Waals surface area contributed by atoms with Gasteiger partial charge in [-0.3, -0.25) is 4.68 Å². The highest BCUT2D eigenvalue weighted by atomic mass is 35.5. The summed E-state index contributed by atoms with van der Waals surface area (Å²) in [4.78, 5) is 0.300. The summed E-state index contributed by atoms with van der Waals surface area (Å²) in [5.41, 5.74) is 2.85. The summed E-state index contributed by atoms with van der Waals surface area (Å²) in [7, 11) is -3.48. The van der Waals surface area contributed by atoms with E-state index in [0.29, 0.717) is 35.3 Å². The molecule has 1 aromatic carbocycles. The number of sulfonamides is 1. The number of nitrogens with zero attached hydrogens (tertiary/aromatic N) is 2.